The summed E-state index contributed by atoms with van der Waals surface area (Å²) in [6.07, 6.45) is -2.43. The normalized spacial score (nSPS) is 13.5. The standard InChI is InChI=1S/C23H24BrClN6O2.C2HF3O2/c24-17-4-8-19(9-5-17)29-23(33)28-18-6-2-16(3-7-18)15-31-22(32)21(25)20(14-27-31)30-12-1-10-26-11-13-30;3-2(4,5)1(6)7/h2-9,14,26H,1,10-13,15H2,(H2,28,29,33);(H,6,7). The number of benzene rings is 2. The molecule has 0 spiro atoms. The van der Waals surface area contributed by atoms with E-state index in [0.29, 0.717) is 17.1 Å². The molecule has 2 amide bonds. The zero-order chi connectivity index (χ0) is 29.3. The van der Waals surface area contributed by atoms with Crippen LogP contribution in [0.4, 0.5) is 35.0 Å². The van der Waals surface area contributed by atoms with Gasteiger partial charge in [0.15, 0.2) is 0 Å². The van der Waals surface area contributed by atoms with Gasteiger partial charge in [0.1, 0.15) is 5.02 Å². The molecule has 40 heavy (non-hydrogen) atoms. The summed E-state index contributed by atoms with van der Waals surface area (Å²) in [4.78, 5) is 36.0. The van der Waals surface area contributed by atoms with Crippen LogP contribution in [-0.2, 0) is 11.3 Å². The van der Waals surface area contributed by atoms with Crippen molar-refractivity contribution in [2.24, 2.45) is 0 Å². The molecular weight excluding hydrogens is 621 g/mol. The summed E-state index contributed by atoms with van der Waals surface area (Å²) in [5.41, 5.74) is 2.55. The number of nitrogens with zero attached hydrogens (tertiary/aromatic N) is 3. The van der Waals surface area contributed by atoms with E-state index in [2.05, 4.69) is 41.9 Å². The van der Waals surface area contributed by atoms with Crippen molar-refractivity contribution < 1.29 is 27.9 Å². The molecule has 3 aromatic rings. The average molecular weight is 646 g/mol. The fourth-order valence-corrected chi connectivity index (χ4v) is 4.10. The number of carbonyl (C=O) groups excluding carboxylic acids is 1. The molecule has 1 aliphatic rings. The van der Waals surface area contributed by atoms with E-state index in [9.17, 15) is 22.8 Å². The van der Waals surface area contributed by atoms with E-state index in [1.54, 1.807) is 30.5 Å². The molecule has 2 heterocycles. The van der Waals surface area contributed by atoms with Crippen molar-refractivity contribution in [3.8, 4) is 0 Å². The topological polar surface area (TPSA) is 129 Å². The second-order valence-corrected chi connectivity index (χ2v) is 9.78. The van der Waals surface area contributed by atoms with Crippen LogP contribution < -0.4 is 26.4 Å². The Morgan fingerprint density at radius 3 is 2.17 bits per heavy atom. The second kappa shape index (κ2) is 14.1. The molecule has 0 unspecified atom stereocenters. The molecule has 0 atom stereocenters. The first-order valence-electron chi connectivity index (χ1n) is 11.9. The third-order valence-corrected chi connectivity index (χ3v) is 6.42. The number of carboxylic acid groups (broad SMARTS) is 1. The number of carboxylic acids is 1. The van der Waals surface area contributed by atoms with Gasteiger partial charge in [-0.2, -0.15) is 18.3 Å². The minimum absolute atomic E-state index is 0.190. The maximum Gasteiger partial charge on any atom is 0.490 e. The highest BCUT2D eigenvalue weighted by molar-refractivity contribution is 9.10. The highest BCUT2D eigenvalue weighted by Crippen LogP contribution is 2.22. The predicted octanol–water partition coefficient (Wildman–Crippen LogP) is 4.78. The van der Waals surface area contributed by atoms with Gasteiger partial charge in [-0.1, -0.05) is 39.7 Å². The van der Waals surface area contributed by atoms with Crippen LogP contribution in [0.25, 0.3) is 0 Å². The molecule has 15 heteroatoms. The Kier molecular flexibility index (Phi) is 10.9. The Morgan fingerprint density at radius 2 is 1.60 bits per heavy atom. The summed E-state index contributed by atoms with van der Waals surface area (Å²) < 4.78 is 34.0. The van der Waals surface area contributed by atoms with Crippen LogP contribution in [0.2, 0.25) is 5.02 Å². The van der Waals surface area contributed by atoms with Crippen LogP contribution in [-0.4, -0.2) is 59.2 Å². The first kappa shape index (κ1) is 30.9. The molecule has 0 saturated carbocycles. The summed E-state index contributed by atoms with van der Waals surface area (Å²) in [5.74, 6) is -2.76. The molecule has 1 aromatic heterocycles. The number of nitrogens with one attached hydrogen (secondary N) is 3. The molecule has 1 aliphatic heterocycles. The number of amides is 2. The molecule has 0 radical (unpaired) electrons. The quantitative estimate of drug-likeness (QED) is 0.314. The molecule has 214 valence electrons. The van der Waals surface area contributed by atoms with Crippen LogP contribution in [0.5, 0.6) is 0 Å². The highest BCUT2D eigenvalue weighted by atomic mass is 79.9. The van der Waals surface area contributed by atoms with E-state index < -0.39 is 12.1 Å². The molecular formula is C25H25BrClF3N6O4. The van der Waals surface area contributed by atoms with Crippen molar-refractivity contribution in [2.75, 3.05) is 41.7 Å². The number of rotatable bonds is 5. The van der Waals surface area contributed by atoms with Crippen LogP contribution in [0.15, 0.2) is 64.0 Å². The second-order valence-electron chi connectivity index (χ2n) is 8.48. The predicted molar refractivity (Wildman–Crippen MR) is 149 cm³/mol. The number of aliphatic carboxylic acids is 1. The first-order chi connectivity index (χ1) is 18.9. The van der Waals surface area contributed by atoms with Crippen molar-refractivity contribution in [2.45, 2.75) is 19.1 Å². The lowest BCUT2D eigenvalue weighted by Crippen LogP contribution is -2.32. The molecule has 1 fully saturated rings. The van der Waals surface area contributed by atoms with E-state index in [0.717, 1.165) is 42.6 Å². The maximum atomic E-state index is 12.8. The van der Waals surface area contributed by atoms with E-state index in [-0.39, 0.29) is 23.2 Å². The number of urea groups is 1. The van der Waals surface area contributed by atoms with Gasteiger partial charge in [-0.25, -0.2) is 14.3 Å². The number of hydrogen-bond donors (Lipinski definition) is 4. The van der Waals surface area contributed by atoms with Crippen LogP contribution in [0.1, 0.15) is 12.0 Å². The van der Waals surface area contributed by atoms with Crippen LogP contribution >= 0.6 is 27.5 Å². The van der Waals surface area contributed by atoms with Gasteiger partial charge in [0, 0.05) is 35.5 Å². The van der Waals surface area contributed by atoms with Gasteiger partial charge in [0.05, 0.1) is 18.4 Å². The van der Waals surface area contributed by atoms with Gasteiger partial charge in [-0.05, 0) is 54.9 Å². The molecule has 0 aliphatic carbocycles. The lowest BCUT2D eigenvalue weighted by Gasteiger charge is -2.23. The fourth-order valence-electron chi connectivity index (χ4n) is 3.57. The third-order valence-electron chi connectivity index (χ3n) is 5.54. The fraction of sp³-hybridized carbons (Fsp3) is 0.280. The number of anilines is 3. The zero-order valence-corrected chi connectivity index (χ0v) is 23.2. The van der Waals surface area contributed by atoms with Gasteiger partial charge in [0.25, 0.3) is 5.56 Å². The Hall–Kier alpha value is -3.62. The number of hydrogen-bond acceptors (Lipinski definition) is 6. The third kappa shape index (κ3) is 9.24. The lowest BCUT2D eigenvalue weighted by atomic mass is 10.2. The molecule has 0 bridgehead atoms. The molecule has 4 N–H and O–H groups in total. The minimum Gasteiger partial charge on any atom is -0.475 e. The SMILES string of the molecule is O=C(Nc1ccc(Br)cc1)Nc1ccc(Cn2ncc(N3CCCNCC3)c(Cl)c2=O)cc1.O=C(O)C(F)(F)F. The van der Waals surface area contributed by atoms with Gasteiger partial charge in [-0.15, -0.1) is 0 Å². The summed E-state index contributed by atoms with van der Waals surface area (Å²) in [7, 11) is 0. The van der Waals surface area contributed by atoms with E-state index >= 15 is 0 Å². The van der Waals surface area contributed by atoms with Gasteiger partial charge in [-0.3, -0.25) is 4.79 Å². The molecule has 10 nitrogen and oxygen atoms in total. The van der Waals surface area contributed by atoms with E-state index in [4.69, 9.17) is 21.5 Å². The largest absolute Gasteiger partial charge is 0.490 e. The molecule has 1 saturated heterocycles. The average Bonchev–Trinajstić information content (AvgIpc) is 3.19. The van der Waals surface area contributed by atoms with E-state index in [1.165, 1.54) is 4.68 Å². The van der Waals surface area contributed by atoms with Gasteiger partial charge < -0.3 is 26.0 Å². The summed E-state index contributed by atoms with van der Waals surface area (Å²) in [5, 5.41) is 20.5. The number of carbonyl (C=O) groups is 2. The van der Waals surface area contributed by atoms with Crippen molar-refractivity contribution in [3.05, 3.63) is 80.1 Å². The lowest BCUT2D eigenvalue weighted by molar-refractivity contribution is -0.192. The van der Waals surface area contributed by atoms with Crippen molar-refractivity contribution in [1.82, 2.24) is 15.1 Å². The summed E-state index contributed by atoms with van der Waals surface area (Å²) >= 11 is 9.78. The Bertz CT molecular complexity index is 1360. The minimum atomic E-state index is -5.08. The Balaban J connectivity index is 0.000000559. The Morgan fingerprint density at radius 1 is 1.02 bits per heavy atom. The smallest absolute Gasteiger partial charge is 0.475 e. The Labute approximate surface area is 240 Å². The van der Waals surface area contributed by atoms with Crippen molar-refractivity contribution >= 4 is 56.6 Å². The first-order valence-corrected chi connectivity index (χ1v) is 13.0. The van der Waals surface area contributed by atoms with Crippen LogP contribution in [0, 0.1) is 0 Å². The summed E-state index contributed by atoms with van der Waals surface area (Å²) in [6.45, 7) is 3.71. The van der Waals surface area contributed by atoms with Crippen molar-refractivity contribution in [1.29, 1.82) is 0 Å². The van der Waals surface area contributed by atoms with Crippen LogP contribution in [0.3, 0.4) is 0 Å². The summed E-state index contributed by atoms with van der Waals surface area (Å²) in [6, 6.07) is 14.2. The van der Waals surface area contributed by atoms with Gasteiger partial charge in [0.2, 0.25) is 0 Å². The molecule has 2 aromatic carbocycles. The zero-order valence-electron chi connectivity index (χ0n) is 20.8. The van der Waals surface area contributed by atoms with E-state index in [1.807, 2.05) is 24.3 Å². The number of aromatic nitrogens is 2. The molecule has 4 rings (SSSR count). The van der Waals surface area contributed by atoms with Gasteiger partial charge >= 0.3 is 18.2 Å². The van der Waals surface area contributed by atoms with Crippen molar-refractivity contribution in [3.63, 3.8) is 0 Å². The highest BCUT2D eigenvalue weighted by Gasteiger charge is 2.38. The number of halogens is 5. The number of alkyl halides is 3. The monoisotopic (exact) mass is 644 g/mol. The maximum absolute atomic E-state index is 12.8.